The zero-order valence-corrected chi connectivity index (χ0v) is 15.3. The van der Waals surface area contributed by atoms with Gasteiger partial charge in [0.2, 0.25) is 0 Å². The van der Waals surface area contributed by atoms with Crippen molar-refractivity contribution in [2.45, 2.75) is 38.9 Å². The highest BCUT2D eigenvalue weighted by Crippen LogP contribution is 2.27. The highest BCUT2D eigenvalue weighted by Gasteiger charge is 2.37. The molecule has 0 bridgehead atoms. The van der Waals surface area contributed by atoms with Crippen molar-refractivity contribution in [2.75, 3.05) is 20.2 Å². The van der Waals surface area contributed by atoms with E-state index in [4.69, 9.17) is 14.2 Å². The number of nitrogens with zero attached hydrogens (tertiary/aromatic N) is 1. The molecule has 26 heavy (non-hydrogen) atoms. The van der Waals surface area contributed by atoms with Gasteiger partial charge in [-0.25, -0.2) is 13.6 Å². The van der Waals surface area contributed by atoms with E-state index in [1.165, 1.54) is 18.1 Å². The minimum absolute atomic E-state index is 0.0379. The van der Waals surface area contributed by atoms with Gasteiger partial charge in [-0.05, 0) is 32.9 Å². The van der Waals surface area contributed by atoms with Gasteiger partial charge in [0.05, 0.1) is 19.6 Å². The molecule has 2 atom stereocenters. The number of halogens is 2. The molecule has 0 radical (unpaired) electrons. The van der Waals surface area contributed by atoms with Crippen LogP contribution in [0.15, 0.2) is 18.2 Å². The number of para-hydroxylation sites is 1. The van der Waals surface area contributed by atoms with Crippen molar-refractivity contribution in [1.29, 1.82) is 0 Å². The van der Waals surface area contributed by atoms with Gasteiger partial charge >= 0.3 is 12.1 Å². The van der Waals surface area contributed by atoms with Crippen LogP contribution in [-0.2, 0) is 14.3 Å². The van der Waals surface area contributed by atoms with E-state index in [1.807, 2.05) is 0 Å². The predicted molar refractivity (Wildman–Crippen MR) is 88.7 cm³/mol. The van der Waals surface area contributed by atoms with Crippen LogP contribution in [0.4, 0.5) is 13.6 Å². The summed E-state index contributed by atoms with van der Waals surface area (Å²) in [6, 6.07) is 3.37. The van der Waals surface area contributed by atoms with Gasteiger partial charge in [0.15, 0.2) is 17.4 Å². The Morgan fingerprint density at radius 2 is 1.77 bits per heavy atom. The standard InChI is InChI=1S/C18H23F2NO5/c1-18(2,3)26-17(23)21-9-11(16(22)24-4)8-12(10-21)25-15-13(19)6-5-7-14(15)20/h5-7,11-12H,8-10H2,1-4H3. The molecule has 1 aromatic carbocycles. The van der Waals surface area contributed by atoms with Crippen molar-refractivity contribution in [3.63, 3.8) is 0 Å². The summed E-state index contributed by atoms with van der Waals surface area (Å²) in [6.45, 7) is 5.28. The van der Waals surface area contributed by atoms with Crippen LogP contribution in [0.3, 0.4) is 0 Å². The second-order valence-electron chi connectivity index (χ2n) is 7.13. The van der Waals surface area contributed by atoms with E-state index in [2.05, 4.69) is 0 Å². The number of methoxy groups -OCH3 is 1. The van der Waals surface area contributed by atoms with Gasteiger partial charge in [-0.2, -0.15) is 0 Å². The minimum atomic E-state index is -0.853. The maximum absolute atomic E-state index is 13.8. The van der Waals surface area contributed by atoms with Gasteiger partial charge in [0.1, 0.15) is 11.7 Å². The van der Waals surface area contributed by atoms with E-state index in [0.29, 0.717) is 0 Å². The van der Waals surface area contributed by atoms with Crippen LogP contribution < -0.4 is 4.74 Å². The van der Waals surface area contributed by atoms with Crippen molar-refractivity contribution in [3.05, 3.63) is 29.8 Å². The van der Waals surface area contributed by atoms with E-state index < -0.39 is 47.1 Å². The van der Waals surface area contributed by atoms with Crippen LogP contribution in [0.2, 0.25) is 0 Å². The maximum atomic E-state index is 13.8. The lowest BCUT2D eigenvalue weighted by Gasteiger charge is -2.37. The summed E-state index contributed by atoms with van der Waals surface area (Å²) >= 11 is 0. The molecular formula is C18H23F2NO5. The highest BCUT2D eigenvalue weighted by molar-refractivity contribution is 5.75. The maximum Gasteiger partial charge on any atom is 0.410 e. The molecule has 1 aliphatic heterocycles. The van der Waals surface area contributed by atoms with Gasteiger partial charge < -0.3 is 19.1 Å². The van der Waals surface area contributed by atoms with Crippen LogP contribution >= 0.6 is 0 Å². The first-order valence-electron chi connectivity index (χ1n) is 8.27. The summed E-state index contributed by atoms with van der Waals surface area (Å²) in [4.78, 5) is 25.6. The summed E-state index contributed by atoms with van der Waals surface area (Å²) in [7, 11) is 1.24. The first-order chi connectivity index (χ1) is 12.1. The minimum Gasteiger partial charge on any atom is -0.482 e. The van der Waals surface area contributed by atoms with Crippen molar-refractivity contribution < 1.29 is 32.6 Å². The fraction of sp³-hybridized carbons (Fsp3) is 0.556. The number of rotatable bonds is 3. The van der Waals surface area contributed by atoms with Gasteiger partial charge in [-0.15, -0.1) is 0 Å². The zero-order chi connectivity index (χ0) is 19.5. The average Bonchev–Trinajstić information content (AvgIpc) is 2.55. The third kappa shape index (κ3) is 5.06. The lowest BCUT2D eigenvalue weighted by Crippen LogP contribution is -2.51. The van der Waals surface area contributed by atoms with E-state index >= 15 is 0 Å². The Morgan fingerprint density at radius 1 is 1.15 bits per heavy atom. The van der Waals surface area contributed by atoms with Crippen LogP contribution in [0.25, 0.3) is 0 Å². The van der Waals surface area contributed by atoms with E-state index in [1.54, 1.807) is 20.8 Å². The number of hydrogen-bond donors (Lipinski definition) is 0. The Bertz CT molecular complexity index is 654. The molecule has 1 saturated heterocycles. The number of carbonyl (C=O) groups excluding carboxylic acids is 2. The van der Waals surface area contributed by atoms with Crippen molar-refractivity contribution in [1.82, 2.24) is 4.90 Å². The number of carbonyl (C=O) groups is 2. The Hall–Kier alpha value is -2.38. The molecule has 1 aromatic rings. The van der Waals surface area contributed by atoms with Crippen molar-refractivity contribution in [2.24, 2.45) is 5.92 Å². The van der Waals surface area contributed by atoms with Crippen LogP contribution in [0.1, 0.15) is 27.2 Å². The molecule has 2 unspecified atom stereocenters. The molecule has 0 aromatic heterocycles. The molecule has 0 saturated carbocycles. The number of likely N-dealkylation sites (tertiary alicyclic amines) is 1. The Balaban J connectivity index is 2.19. The topological polar surface area (TPSA) is 65.1 Å². The zero-order valence-electron chi connectivity index (χ0n) is 15.3. The third-order valence-electron chi connectivity index (χ3n) is 3.80. The van der Waals surface area contributed by atoms with Gasteiger partial charge in [-0.3, -0.25) is 4.79 Å². The molecule has 0 aliphatic carbocycles. The number of amides is 1. The molecule has 2 rings (SSSR count). The van der Waals surface area contributed by atoms with Gasteiger partial charge in [0, 0.05) is 13.0 Å². The van der Waals surface area contributed by atoms with Crippen molar-refractivity contribution >= 4 is 12.1 Å². The van der Waals surface area contributed by atoms with Crippen molar-refractivity contribution in [3.8, 4) is 5.75 Å². The quantitative estimate of drug-likeness (QED) is 0.764. The number of esters is 1. The second-order valence-corrected chi connectivity index (χ2v) is 7.13. The number of hydrogen-bond acceptors (Lipinski definition) is 5. The van der Waals surface area contributed by atoms with Crippen LogP contribution in [-0.4, -0.2) is 48.9 Å². The summed E-state index contributed by atoms with van der Waals surface area (Å²) in [5.74, 6) is -3.45. The molecule has 0 spiro atoms. The molecule has 144 valence electrons. The lowest BCUT2D eigenvalue weighted by molar-refractivity contribution is -0.148. The molecule has 6 nitrogen and oxygen atoms in total. The van der Waals surface area contributed by atoms with E-state index in [9.17, 15) is 18.4 Å². The SMILES string of the molecule is COC(=O)C1CC(Oc2c(F)cccc2F)CN(C(=O)OC(C)(C)C)C1. The monoisotopic (exact) mass is 371 g/mol. The molecule has 1 heterocycles. The molecule has 1 aliphatic rings. The van der Waals surface area contributed by atoms with Crippen LogP contribution in [0, 0.1) is 17.6 Å². The largest absolute Gasteiger partial charge is 0.482 e. The number of benzene rings is 1. The predicted octanol–water partition coefficient (Wildman–Crippen LogP) is 3.14. The molecule has 1 amide bonds. The summed E-state index contributed by atoms with van der Waals surface area (Å²) < 4.78 is 43.2. The van der Waals surface area contributed by atoms with Crippen LogP contribution in [0.5, 0.6) is 5.75 Å². The first kappa shape index (κ1) is 19.9. The Morgan fingerprint density at radius 3 is 2.31 bits per heavy atom. The Labute approximate surface area is 151 Å². The fourth-order valence-corrected chi connectivity index (χ4v) is 2.71. The molecular weight excluding hydrogens is 348 g/mol. The highest BCUT2D eigenvalue weighted by atomic mass is 19.1. The third-order valence-corrected chi connectivity index (χ3v) is 3.80. The van der Waals surface area contributed by atoms with E-state index in [0.717, 1.165) is 12.1 Å². The Kier molecular flexibility index (Phi) is 6.05. The summed E-state index contributed by atoms with van der Waals surface area (Å²) in [5.41, 5.74) is -0.719. The van der Waals surface area contributed by atoms with Gasteiger partial charge in [0.25, 0.3) is 0 Å². The second kappa shape index (κ2) is 7.88. The van der Waals surface area contributed by atoms with Gasteiger partial charge in [-0.1, -0.05) is 6.07 Å². The number of ether oxygens (including phenoxy) is 3. The summed E-state index contributed by atoms with van der Waals surface area (Å²) in [6.07, 6.45) is -1.25. The molecule has 1 fully saturated rings. The normalized spacial score (nSPS) is 20.5. The smallest absolute Gasteiger partial charge is 0.410 e. The molecule has 8 heteroatoms. The fourth-order valence-electron chi connectivity index (χ4n) is 2.71. The first-order valence-corrected chi connectivity index (χ1v) is 8.27. The number of piperidine rings is 1. The van der Waals surface area contributed by atoms with E-state index in [-0.39, 0.29) is 19.5 Å². The summed E-state index contributed by atoms with van der Waals surface area (Å²) in [5, 5.41) is 0. The lowest BCUT2D eigenvalue weighted by atomic mass is 9.96. The average molecular weight is 371 g/mol. The molecule has 0 N–H and O–H groups in total.